The molecule has 0 bridgehead atoms. The fraction of sp³-hybridized carbons (Fsp3) is 0.800. The summed E-state index contributed by atoms with van der Waals surface area (Å²) in [6.07, 6.45) is 0.348. The fourth-order valence-electron chi connectivity index (χ4n) is 1.00. The van der Waals surface area contributed by atoms with Gasteiger partial charge in [-0.15, -0.1) is 11.6 Å². The van der Waals surface area contributed by atoms with Gasteiger partial charge < -0.3 is 4.90 Å². The van der Waals surface area contributed by atoms with Crippen LogP contribution in [0.3, 0.4) is 0 Å². The van der Waals surface area contributed by atoms with Crippen LogP contribution in [-0.2, 0) is 4.79 Å². The van der Waals surface area contributed by atoms with E-state index in [9.17, 15) is 4.79 Å². The van der Waals surface area contributed by atoms with Crippen molar-refractivity contribution in [2.45, 2.75) is 33.2 Å². The van der Waals surface area contributed by atoms with Gasteiger partial charge in [-0.1, -0.05) is 0 Å². The molecule has 4 heteroatoms. The number of nitriles is 1. The van der Waals surface area contributed by atoms with E-state index >= 15 is 0 Å². The van der Waals surface area contributed by atoms with E-state index < -0.39 is 5.41 Å². The van der Waals surface area contributed by atoms with Gasteiger partial charge in [0.1, 0.15) is 0 Å². The Bertz CT molecular complexity index is 245. The lowest BCUT2D eigenvalue weighted by atomic mass is 9.94. The summed E-state index contributed by atoms with van der Waals surface area (Å²) >= 11 is 5.70. The summed E-state index contributed by atoms with van der Waals surface area (Å²) < 4.78 is 0. The van der Waals surface area contributed by atoms with Gasteiger partial charge in [-0.05, 0) is 20.8 Å². The summed E-state index contributed by atoms with van der Waals surface area (Å²) in [5, 5.41) is 8.51. The minimum Gasteiger partial charge on any atom is -0.342 e. The number of carbonyl (C=O) groups is 1. The molecule has 1 atom stereocenters. The van der Waals surface area contributed by atoms with Gasteiger partial charge in [0, 0.05) is 19.0 Å². The average molecular weight is 217 g/mol. The zero-order chi connectivity index (χ0) is 11.4. The fourth-order valence-corrected chi connectivity index (χ4v) is 1.12. The first-order chi connectivity index (χ1) is 6.36. The second kappa shape index (κ2) is 5.21. The molecular weight excluding hydrogens is 200 g/mol. The smallest absolute Gasteiger partial charge is 0.229 e. The molecule has 0 saturated carbocycles. The third-order valence-electron chi connectivity index (χ3n) is 2.28. The van der Waals surface area contributed by atoms with Crippen molar-refractivity contribution in [1.29, 1.82) is 5.26 Å². The van der Waals surface area contributed by atoms with E-state index in [1.165, 1.54) is 0 Å². The molecule has 0 N–H and O–H groups in total. The minimum absolute atomic E-state index is 0.0183. The summed E-state index contributed by atoms with van der Waals surface area (Å²) in [6, 6.07) is 1.99. The predicted octanol–water partition coefficient (Wildman–Crippen LogP) is 2.01. The molecule has 14 heavy (non-hydrogen) atoms. The van der Waals surface area contributed by atoms with Gasteiger partial charge in [0.25, 0.3) is 0 Å². The summed E-state index contributed by atoms with van der Waals surface area (Å²) in [6.45, 7) is 5.46. The first-order valence-corrected chi connectivity index (χ1v) is 5.10. The van der Waals surface area contributed by atoms with Crippen molar-refractivity contribution in [1.82, 2.24) is 4.90 Å². The molecule has 0 radical (unpaired) electrons. The second-order valence-electron chi connectivity index (χ2n) is 4.14. The summed E-state index contributed by atoms with van der Waals surface area (Å²) in [5.41, 5.74) is -0.556. The van der Waals surface area contributed by atoms with Crippen molar-refractivity contribution in [2.24, 2.45) is 5.41 Å². The summed E-state index contributed by atoms with van der Waals surface area (Å²) in [4.78, 5) is 13.4. The van der Waals surface area contributed by atoms with E-state index in [0.29, 0.717) is 6.42 Å². The molecule has 1 amide bonds. The van der Waals surface area contributed by atoms with Gasteiger partial charge in [0.05, 0.1) is 17.9 Å². The van der Waals surface area contributed by atoms with Crippen LogP contribution in [0.2, 0.25) is 0 Å². The Morgan fingerprint density at radius 1 is 1.64 bits per heavy atom. The zero-order valence-corrected chi connectivity index (χ0v) is 9.93. The van der Waals surface area contributed by atoms with Gasteiger partial charge in [0.15, 0.2) is 0 Å². The Balaban J connectivity index is 4.48. The highest BCUT2D eigenvalue weighted by atomic mass is 35.5. The molecule has 80 valence electrons. The van der Waals surface area contributed by atoms with Crippen LogP contribution in [0.15, 0.2) is 0 Å². The van der Waals surface area contributed by atoms with E-state index in [-0.39, 0.29) is 17.8 Å². The highest BCUT2D eigenvalue weighted by Gasteiger charge is 2.31. The number of hydrogen-bond acceptors (Lipinski definition) is 2. The molecule has 0 fully saturated rings. The first kappa shape index (κ1) is 13.2. The lowest BCUT2D eigenvalue weighted by molar-refractivity contribution is -0.139. The number of alkyl halides is 1. The van der Waals surface area contributed by atoms with E-state index in [0.717, 1.165) is 0 Å². The number of rotatable bonds is 4. The SMILES string of the molecule is CC(CC#N)N(C)C(=O)C(C)(C)CCl. The van der Waals surface area contributed by atoms with E-state index in [2.05, 4.69) is 0 Å². The number of halogens is 1. The number of hydrogen-bond donors (Lipinski definition) is 0. The van der Waals surface area contributed by atoms with Crippen LogP contribution >= 0.6 is 11.6 Å². The minimum atomic E-state index is -0.556. The van der Waals surface area contributed by atoms with Gasteiger partial charge in [-0.3, -0.25) is 4.79 Å². The average Bonchev–Trinajstić information content (AvgIpc) is 2.15. The highest BCUT2D eigenvalue weighted by Crippen LogP contribution is 2.21. The standard InChI is InChI=1S/C10H17ClN2O/c1-8(5-6-12)13(4)9(14)10(2,3)7-11/h8H,5,7H2,1-4H3. The van der Waals surface area contributed by atoms with Crippen molar-refractivity contribution in [3.05, 3.63) is 0 Å². The molecule has 0 aliphatic rings. The normalized spacial score (nSPS) is 13.1. The molecule has 0 aromatic carbocycles. The van der Waals surface area contributed by atoms with Crippen molar-refractivity contribution in [3.63, 3.8) is 0 Å². The van der Waals surface area contributed by atoms with E-state index in [1.807, 2.05) is 13.0 Å². The number of carbonyl (C=O) groups excluding carboxylic acids is 1. The molecule has 0 aliphatic carbocycles. The van der Waals surface area contributed by atoms with Gasteiger partial charge in [-0.25, -0.2) is 0 Å². The largest absolute Gasteiger partial charge is 0.342 e. The topological polar surface area (TPSA) is 44.1 Å². The highest BCUT2D eigenvalue weighted by molar-refractivity contribution is 6.19. The maximum Gasteiger partial charge on any atom is 0.229 e. The number of nitrogens with zero attached hydrogens (tertiary/aromatic N) is 2. The van der Waals surface area contributed by atoms with Crippen LogP contribution in [0.5, 0.6) is 0 Å². The van der Waals surface area contributed by atoms with Gasteiger partial charge in [-0.2, -0.15) is 5.26 Å². The summed E-state index contributed by atoms with van der Waals surface area (Å²) in [7, 11) is 1.71. The first-order valence-electron chi connectivity index (χ1n) is 4.57. The summed E-state index contributed by atoms with van der Waals surface area (Å²) in [5.74, 6) is 0.269. The van der Waals surface area contributed by atoms with Crippen LogP contribution in [0.25, 0.3) is 0 Å². The van der Waals surface area contributed by atoms with E-state index in [4.69, 9.17) is 16.9 Å². The maximum absolute atomic E-state index is 11.8. The quantitative estimate of drug-likeness (QED) is 0.675. The lowest BCUT2D eigenvalue weighted by Crippen LogP contribution is -2.43. The Labute approximate surface area is 90.6 Å². The Hall–Kier alpha value is -0.750. The van der Waals surface area contributed by atoms with Crippen LogP contribution < -0.4 is 0 Å². The van der Waals surface area contributed by atoms with E-state index in [1.54, 1.807) is 25.8 Å². The van der Waals surface area contributed by atoms with Crippen LogP contribution in [0, 0.1) is 16.7 Å². The maximum atomic E-state index is 11.8. The van der Waals surface area contributed by atoms with Crippen molar-refractivity contribution in [3.8, 4) is 6.07 Å². The molecule has 0 aromatic heterocycles. The third-order valence-corrected chi connectivity index (χ3v) is 2.95. The van der Waals surface area contributed by atoms with Crippen molar-refractivity contribution in [2.75, 3.05) is 12.9 Å². The van der Waals surface area contributed by atoms with Gasteiger partial charge in [0.2, 0.25) is 5.91 Å². The molecule has 0 spiro atoms. The molecule has 0 heterocycles. The molecule has 0 aromatic rings. The van der Waals surface area contributed by atoms with Crippen LogP contribution in [0.1, 0.15) is 27.2 Å². The third kappa shape index (κ3) is 3.19. The van der Waals surface area contributed by atoms with Crippen LogP contribution in [0.4, 0.5) is 0 Å². The van der Waals surface area contributed by atoms with Crippen molar-refractivity contribution >= 4 is 17.5 Å². The molecule has 0 rings (SSSR count). The molecule has 0 aliphatic heterocycles. The van der Waals surface area contributed by atoms with Gasteiger partial charge >= 0.3 is 0 Å². The Kier molecular flexibility index (Phi) is 4.93. The predicted molar refractivity (Wildman–Crippen MR) is 57.0 cm³/mol. The lowest BCUT2D eigenvalue weighted by Gasteiger charge is -2.31. The Morgan fingerprint density at radius 3 is 2.50 bits per heavy atom. The zero-order valence-electron chi connectivity index (χ0n) is 9.17. The molecule has 0 saturated heterocycles. The monoisotopic (exact) mass is 216 g/mol. The molecular formula is C10H17ClN2O. The second-order valence-corrected chi connectivity index (χ2v) is 4.41. The molecule has 3 nitrogen and oxygen atoms in total. The molecule has 1 unspecified atom stereocenters. The Morgan fingerprint density at radius 2 is 2.14 bits per heavy atom. The van der Waals surface area contributed by atoms with Crippen molar-refractivity contribution < 1.29 is 4.79 Å². The van der Waals surface area contributed by atoms with Crippen LogP contribution in [-0.4, -0.2) is 29.8 Å². The number of amides is 1.